The van der Waals surface area contributed by atoms with E-state index in [1.54, 1.807) is 31.2 Å². The van der Waals surface area contributed by atoms with Crippen LogP contribution in [0.3, 0.4) is 0 Å². The van der Waals surface area contributed by atoms with Gasteiger partial charge in [-0.1, -0.05) is 32.2 Å². The highest BCUT2D eigenvalue weighted by Crippen LogP contribution is 2.37. The quantitative estimate of drug-likeness (QED) is 0.428. The van der Waals surface area contributed by atoms with Crippen molar-refractivity contribution in [1.29, 1.82) is 0 Å². The van der Waals surface area contributed by atoms with Crippen LogP contribution in [0.15, 0.2) is 66.2 Å². The summed E-state index contributed by atoms with van der Waals surface area (Å²) in [6, 6.07) is 6.78. The number of ether oxygens (including phenoxy) is 2. The van der Waals surface area contributed by atoms with Crippen molar-refractivity contribution in [3.63, 3.8) is 0 Å². The van der Waals surface area contributed by atoms with Gasteiger partial charge in [-0.25, -0.2) is 14.0 Å². The fourth-order valence-electron chi connectivity index (χ4n) is 2.41. The van der Waals surface area contributed by atoms with Gasteiger partial charge < -0.3 is 9.47 Å². The number of carbonyl (C=O) groups is 2. The van der Waals surface area contributed by atoms with Crippen molar-refractivity contribution in [2.45, 2.75) is 27.2 Å². The van der Waals surface area contributed by atoms with E-state index < -0.39 is 17.8 Å². The molecule has 1 aliphatic rings. The zero-order valence-corrected chi connectivity index (χ0v) is 15.1. The molecular formula is C21H21FO4. The van der Waals surface area contributed by atoms with Crippen LogP contribution in [0.1, 0.15) is 32.8 Å². The Labute approximate surface area is 152 Å². The molecular weight excluding hydrogens is 335 g/mol. The second kappa shape index (κ2) is 7.95. The van der Waals surface area contributed by atoms with Crippen LogP contribution in [-0.4, -0.2) is 11.9 Å². The molecule has 2 rings (SSSR count). The molecule has 0 aromatic heterocycles. The highest BCUT2D eigenvalue weighted by Gasteiger charge is 2.24. The number of carbonyl (C=O) groups excluding carboxylic acids is 2. The van der Waals surface area contributed by atoms with E-state index >= 15 is 0 Å². The Morgan fingerprint density at radius 2 is 1.58 bits per heavy atom. The minimum Gasteiger partial charge on any atom is -0.425 e. The largest absolute Gasteiger partial charge is 0.425 e. The summed E-state index contributed by atoms with van der Waals surface area (Å²) < 4.78 is 24.5. The Bertz CT molecular complexity index is 828. The van der Waals surface area contributed by atoms with E-state index in [-0.39, 0.29) is 23.7 Å². The first-order valence-electron chi connectivity index (χ1n) is 8.15. The van der Waals surface area contributed by atoms with Crippen molar-refractivity contribution in [3.8, 4) is 5.75 Å². The maximum Gasteiger partial charge on any atom is 0.338 e. The number of allylic oxidation sites excluding steroid dienone is 4. The lowest BCUT2D eigenvalue weighted by atomic mass is 9.87. The van der Waals surface area contributed by atoms with Crippen LogP contribution in [0.2, 0.25) is 0 Å². The van der Waals surface area contributed by atoms with E-state index in [9.17, 15) is 14.0 Å². The van der Waals surface area contributed by atoms with Crippen molar-refractivity contribution in [2.24, 2.45) is 5.92 Å². The van der Waals surface area contributed by atoms with Gasteiger partial charge in [0, 0.05) is 17.6 Å². The normalized spacial score (nSPS) is 16.6. The van der Waals surface area contributed by atoms with Crippen LogP contribution < -0.4 is 4.74 Å². The maximum atomic E-state index is 14.3. The average Bonchev–Trinajstić information content (AvgIpc) is 2.58. The Hall–Kier alpha value is -2.95. The van der Waals surface area contributed by atoms with Gasteiger partial charge in [-0.2, -0.15) is 0 Å². The van der Waals surface area contributed by atoms with E-state index in [4.69, 9.17) is 9.47 Å². The second-order valence-electron chi connectivity index (χ2n) is 6.34. The number of esters is 2. The van der Waals surface area contributed by atoms with Gasteiger partial charge in [0.1, 0.15) is 11.5 Å². The SMILES string of the molecule is C=C(C)C(=O)OC1=C(F)C=C(c2ccc(OC(=O)C(=C)C)cc2)C(C)C1. The van der Waals surface area contributed by atoms with E-state index in [2.05, 4.69) is 13.2 Å². The van der Waals surface area contributed by atoms with Crippen molar-refractivity contribution in [2.75, 3.05) is 0 Å². The molecule has 136 valence electrons. The molecule has 1 aromatic carbocycles. The molecule has 0 heterocycles. The number of halogens is 1. The smallest absolute Gasteiger partial charge is 0.338 e. The number of rotatable bonds is 5. The molecule has 0 aliphatic heterocycles. The van der Waals surface area contributed by atoms with Gasteiger partial charge >= 0.3 is 11.9 Å². The third kappa shape index (κ3) is 4.57. The summed E-state index contributed by atoms with van der Waals surface area (Å²) in [7, 11) is 0. The summed E-state index contributed by atoms with van der Waals surface area (Å²) >= 11 is 0. The average molecular weight is 356 g/mol. The third-order valence-electron chi connectivity index (χ3n) is 3.88. The van der Waals surface area contributed by atoms with Gasteiger partial charge in [0.2, 0.25) is 0 Å². The molecule has 26 heavy (non-hydrogen) atoms. The van der Waals surface area contributed by atoms with Crippen molar-refractivity contribution in [1.82, 2.24) is 0 Å². The third-order valence-corrected chi connectivity index (χ3v) is 3.88. The molecule has 1 unspecified atom stereocenters. The highest BCUT2D eigenvalue weighted by atomic mass is 19.1. The lowest BCUT2D eigenvalue weighted by molar-refractivity contribution is -0.135. The lowest BCUT2D eigenvalue weighted by Crippen LogP contribution is -2.13. The van der Waals surface area contributed by atoms with Crippen LogP contribution in [0.25, 0.3) is 5.57 Å². The summed E-state index contributed by atoms with van der Waals surface area (Å²) in [5, 5.41) is 0. The van der Waals surface area contributed by atoms with E-state index in [0.717, 1.165) is 11.1 Å². The first-order chi connectivity index (χ1) is 12.2. The molecule has 0 saturated heterocycles. The zero-order valence-electron chi connectivity index (χ0n) is 15.1. The van der Waals surface area contributed by atoms with Crippen LogP contribution >= 0.6 is 0 Å². The molecule has 0 fully saturated rings. The summed E-state index contributed by atoms with van der Waals surface area (Å²) in [5.41, 5.74) is 2.10. The molecule has 1 aromatic rings. The Morgan fingerprint density at radius 1 is 1.04 bits per heavy atom. The highest BCUT2D eigenvalue weighted by molar-refractivity contribution is 5.89. The molecule has 1 atom stereocenters. The second-order valence-corrected chi connectivity index (χ2v) is 6.34. The molecule has 0 N–H and O–H groups in total. The molecule has 0 saturated carbocycles. The minimum absolute atomic E-state index is 0.0151. The van der Waals surface area contributed by atoms with Crippen LogP contribution in [0.4, 0.5) is 4.39 Å². The van der Waals surface area contributed by atoms with Gasteiger partial charge in [0.05, 0.1) is 0 Å². The van der Waals surface area contributed by atoms with Crippen molar-refractivity contribution in [3.05, 3.63) is 71.8 Å². The summed E-state index contributed by atoms with van der Waals surface area (Å²) in [6.07, 6.45) is 1.63. The van der Waals surface area contributed by atoms with Crippen LogP contribution in [0.5, 0.6) is 5.75 Å². The summed E-state index contributed by atoms with van der Waals surface area (Å²) in [5.74, 6) is -1.36. The molecule has 4 nitrogen and oxygen atoms in total. The van der Waals surface area contributed by atoms with Gasteiger partial charge in [0.25, 0.3) is 0 Å². The monoisotopic (exact) mass is 356 g/mol. The predicted octanol–water partition coefficient (Wildman–Crippen LogP) is 4.89. The number of benzene rings is 1. The number of hydrogen-bond donors (Lipinski definition) is 0. The van der Waals surface area contributed by atoms with E-state index in [1.165, 1.54) is 13.0 Å². The van der Waals surface area contributed by atoms with Crippen molar-refractivity contribution < 1.29 is 23.5 Å². The van der Waals surface area contributed by atoms with E-state index in [1.807, 2.05) is 6.92 Å². The van der Waals surface area contributed by atoms with Crippen LogP contribution in [-0.2, 0) is 14.3 Å². The fourth-order valence-corrected chi connectivity index (χ4v) is 2.41. The molecule has 1 aliphatic carbocycles. The Balaban J connectivity index is 2.21. The van der Waals surface area contributed by atoms with Gasteiger partial charge in [0.15, 0.2) is 5.83 Å². The van der Waals surface area contributed by atoms with Crippen LogP contribution in [0, 0.1) is 5.92 Å². The molecule has 5 heteroatoms. The molecule has 0 radical (unpaired) electrons. The topological polar surface area (TPSA) is 52.6 Å². The molecule has 0 amide bonds. The van der Waals surface area contributed by atoms with E-state index in [0.29, 0.717) is 11.3 Å². The maximum absolute atomic E-state index is 14.3. The molecule has 0 spiro atoms. The van der Waals surface area contributed by atoms with Gasteiger partial charge in [-0.15, -0.1) is 0 Å². The lowest BCUT2D eigenvalue weighted by Gasteiger charge is -2.22. The first kappa shape index (κ1) is 19.4. The first-order valence-corrected chi connectivity index (χ1v) is 8.15. The molecule has 0 bridgehead atoms. The summed E-state index contributed by atoms with van der Waals surface area (Å²) in [4.78, 5) is 23.1. The minimum atomic E-state index is -0.636. The van der Waals surface area contributed by atoms with Gasteiger partial charge in [-0.3, -0.25) is 0 Å². The predicted molar refractivity (Wildman–Crippen MR) is 97.7 cm³/mol. The Kier molecular flexibility index (Phi) is 5.93. The van der Waals surface area contributed by atoms with Crippen molar-refractivity contribution >= 4 is 17.5 Å². The summed E-state index contributed by atoms with van der Waals surface area (Å²) in [6.45, 7) is 12.0. The zero-order chi connectivity index (χ0) is 19.4. The standard InChI is InChI=1S/C21H21FO4/c1-12(2)20(23)25-16-8-6-15(7-9-16)17-11-18(22)19(10-14(17)5)26-21(24)13(3)4/h6-9,11,14H,1,3,10H2,2,4-5H3. The number of hydrogen-bond acceptors (Lipinski definition) is 4. The van der Waals surface area contributed by atoms with Gasteiger partial charge in [-0.05, 0) is 49.1 Å². The Morgan fingerprint density at radius 3 is 2.12 bits per heavy atom. The fraction of sp³-hybridized carbons (Fsp3) is 0.238.